The van der Waals surface area contributed by atoms with Gasteiger partial charge in [-0.15, -0.1) is 24.0 Å². The van der Waals surface area contributed by atoms with Gasteiger partial charge in [0.2, 0.25) is 0 Å². The van der Waals surface area contributed by atoms with Crippen molar-refractivity contribution in [1.29, 1.82) is 0 Å². The predicted octanol–water partition coefficient (Wildman–Crippen LogP) is 0.910. The maximum absolute atomic E-state index is 11.2. The Morgan fingerprint density at radius 1 is 1.50 bits per heavy atom. The molecule has 0 amide bonds. The summed E-state index contributed by atoms with van der Waals surface area (Å²) in [5.74, 6) is 0.560. The highest BCUT2D eigenvalue weighted by molar-refractivity contribution is 14.0. The van der Waals surface area contributed by atoms with Gasteiger partial charge in [0.25, 0.3) is 0 Å². The van der Waals surface area contributed by atoms with Gasteiger partial charge in [0.05, 0.1) is 5.75 Å². The maximum atomic E-state index is 11.2. The number of hydrogen-bond donors (Lipinski definition) is 2. The van der Waals surface area contributed by atoms with Gasteiger partial charge in [0.1, 0.15) is 9.84 Å². The SMILES string of the molecule is C=C(C)CNC(N)=NCC1(CS(C)(=O)=O)CC1.I. The van der Waals surface area contributed by atoms with E-state index in [1.54, 1.807) is 0 Å². The van der Waals surface area contributed by atoms with Crippen molar-refractivity contribution in [1.82, 2.24) is 5.32 Å². The molecule has 0 aromatic carbocycles. The maximum Gasteiger partial charge on any atom is 0.188 e. The molecule has 7 heteroatoms. The van der Waals surface area contributed by atoms with Crippen LogP contribution in [0.4, 0.5) is 0 Å². The van der Waals surface area contributed by atoms with Crippen molar-refractivity contribution in [2.75, 3.05) is 25.1 Å². The molecule has 1 saturated carbocycles. The van der Waals surface area contributed by atoms with Crippen molar-refractivity contribution in [2.45, 2.75) is 19.8 Å². The van der Waals surface area contributed by atoms with E-state index >= 15 is 0 Å². The Morgan fingerprint density at radius 2 is 2.06 bits per heavy atom. The van der Waals surface area contributed by atoms with Crippen LogP contribution in [-0.4, -0.2) is 39.5 Å². The third-order valence-corrected chi connectivity index (χ3v) is 3.82. The van der Waals surface area contributed by atoms with Crippen LogP contribution < -0.4 is 11.1 Å². The summed E-state index contributed by atoms with van der Waals surface area (Å²) in [6.07, 6.45) is 3.09. The second kappa shape index (κ2) is 6.74. The van der Waals surface area contributed by atoms with Gasteiger partial charge in [-0.05, 0) is 19.8 Å². The second-order valence-corrected chi connectivity index (χ2v) is 7.22. The summed E-state index contributed by atoms with van der Waals surface area (Å²) in [5, 5.41) is 2.92. The first-order valence-electron chi connectivity index (χ1n) is 5.58. The summed E-state index contributed by atoms with van der Waals surface area (Å²) in [7, 11) is -2.94. The number of halogens is 1. The lowest BCUT2D eigenvalue weighted by molar-refractivity contribution is 0.551. The minimum absolute atomic E-state index is 0. The van der Waals surface area contributed by atoms with Gasteiger partial charge in [-0.25, -0.2) is 8.42 Å². The van der Waals surface area contributed by atoms with Crippen LogP contribution in [0.15, 0.2) is 17.1 Å². The average molecular weight is 387 g/mol. The Kier molecular flexibility index (Phi) is 6.62. The molecule has 1 fully saturated rings. The quantitative estimate of drug-likeness (QED) is 0.307. The second-order valence-electron chi connectivity index (χ2n) is 5.08. The summed E-state index contributed by atoms with van der Waals surface area (Å²) < 4.78 is 22.5. The molecule has 106 valence electrons. The van der Waals surface area contributed by atoms with Crippen LogP contribution in [0.1, 0.15) is 19.8 Å². The highest BCUT2D eigenvalue weighted by atomic mass is 127. The Balaban J connectivity index is 0.00000289. The number of hydrogen-bond acceptors (Lipinski definition) is 3. The average Bonchev–Trinajstić information content (AvgIpc) is 2.89. The predicted molar refractivity (Wildman–Crippen MR) is 86.1 cm³/mol. The van der Waals surface area contributed by atoms with Gasteiger partial charge >= 0.3 is 0 Å². The first-order chi connectivity index (χ1) is 7.72. The minimum Gasteiger partial charge on any atom is -0.370 e. The highest BCUT2D eigenvalue weighted by Gasteiger charge is 2.45. The zero-order chi connectivity index (χ0) is 13.1. The van der Waals surface area contributed by atoms with Gasteiger partial charge < -0.3 is 11.1 Å². The zero-order valence-electron chi connectivity index (χ0n) is 10.9. The summed E-state index contributed by atoms with van der Waals surface area (Å²) in [5.41, 5.74) is 6.48. The van der Waals surface area contributed by atoms with E-state index in [0.29, 0.717) is 19.0 Å². The van der Waals surface area contributed by atoms with E-state index in [1.807, 2.05) is 6.92 Å². The van der Waals surface area contributed by atoms with Gasteiger partial charge in [0, 0.05) is 24.8 Å². The third-order valence-electron chi connectivity index (χ3n) is 2.68. The summed E-state index contributed by atoms with van der Waals surface area (Å²) >= 11 is 0. The molecule has 18 heavy (non-hydrogen) atoms. The van der Waals surface area contributed by atoms with Crippen LogP contribution in [0.3, 0.4) is 0 Å². The monoisotopic (exact) mass is 387 g/mol. The Bertz CT molecular complexity index is 428. The number of aliphatic imine (C=N–C) groups is 1. The Labute approximate surface area is 126 Å². The van der Waals surface area contributed by atoms with Crippen molar-refractivity contribution in [3.8, 4) is 0 Å². The van der Waals surface area contributed by atoms with E-state index in [9.17, 15) is 8.42 Å². The van der Waals surface area contributed by atoms with Gasteiger partial charge in [-0.3, -0.25) is 4.99 Å². The van der Waals surface area contributed by atoms with E-state index in [4.69, 9.17) is 5.73 Å². The van der Waals surface area contributed by atoms with Crippen molar-refractivity contribution in [2.24, 2.45) is 16.1 Å². The Morgan fingerprint density at radius 3 is 2.44 bits per heavy atom. The number of nitrogens with zero attached hydrogens (tertiary/aromatic N) is 1. The highest BCUT2D eigenvalue weighted by Crippen LogP contribution is 2.46. The summed E-state index contributed by atoms with van der Waals surface area (Å²) in [6.45, 7) is 6.71. The fraction of sp³-hybridized carbons (Fsp3) is 0.727. The van der Waals surface area contributed by atoms with Crippen LogP contribution >= 0.6 is 24.0 Å². The van der Waals surface area contributed by atoms with Crippen molar-refractivity contribution < 1.29 is 8.42 Å². The van der Waals surface area contributed by atoms with Crippen LogP contribution in [-0.2, 0) is 9.84 Å². The summed E-state index contributed by atoms with van der Waals surface area (Å²) in [4.78, 5) is 4.19. The topological polar surface area (TPSA) is 84.5 Å². The third kappa shape index (κ3) is 7.20. The fourth-order valence-corrected chi connectivity index (χ4v) is 3.12. The van der Waals surface area contributed by atoms with Gasteiger partial charge in [0.15, 0.2) is 5.96 Å². The van der Waals surface area contributed by atoms with Crippen LogP contribution in [0.2, 0.25) is 0 Å². The largest absolute Gasteiger partial charge is 0.370 e. The number of nitrogens with one attached hydrogen (secondary N) is 1. The van der Waals surface area contributed by atoms with Crippen LogP contribution in [0, 0.1) is 5.41 Å². The molecule has 3 N–H and O–H groups in total. The van der Waals surface area contributed by atoms with E-state index in [0.717, 1.165) is 18.4 Å². The first-order valence-corrected chi connectivity index (χ1v) is 7.64. The Hall–Kier alpha value is -0.310. The number of guanidine groups is 1. The molecule has 0 bridgehead atoms. The number of rotatable bonds is 6. The van der Waals surface area contributed by atoms with Gasteiger partial charge in [-0.1, -0.05) is 12.2 Å². The van der Waals surface area contributed by atoms with Crippen LogP contribution in [0.25, 0.3) is 0 Å². The molecule has 0 spiro atoms. The minimum atomic E-state index is -2.94. The fourth-order valence-electron chi connectivity index (χ4n) is 1.63. The van der Waals surface area contributed by atoms with E-state index < -0.39 is 9.84 Å². The summed E-state index contributed by atoms with van der Waals surface area (Å²) in [6, 6.07) is 0. The van der Waals surface area contributed by atoms with Gasteiger partial charge in [-0.2, -0.15) is 0 Å². The molecule has 0 aromatic rings. The molecule has 0 heterocycles. The molecule has 0 aliphatic heterocycles. The molecule has 0 radical (unpaired) electrons. The number of nitrogens with two attached hydrogens (primary N) is 1. The lowest BCUT2D eigenvalue weighted by Crippen LogP contribution is -2.33. The lowest BCUT2D eigenvalue weighted by atomic mass is 10.1. The first kappa shape index (κ1) is 17.7. The zero-order valence-corrected chi connectivity index (χ0v) is 14.0. The van der Waals surface area contributed by atoms with Crippen molar-refractivity contribution >= 4 is 39.8 Å². The molecule has 0 atom stereocenters. The molecule has 0 aromatic heterocycles. The lowest BCUT2D eigenvalue weighted by Gasteiger charge is -2.11. The molecular weight excluding hydrogens is 365 g/mol. The number of sulfone groups is 1. The molecule has 0 unspecified atom stereocenters. The van der Waals surface area contributed by atoms with E-state index in [-0.39, 0.29) is 35.1 Å². The van der Waals surface area contributed by atoms with E-state index in [2.05, 4.69) is 16.9 Å². The van der Waals surface area contributed by atoms with Crippen molar-refractivity contribution in [3.63, 3.8) is 0 Å². The molecule has 5 nitrogen and oxygen atoms in total. The molecular formula is C11H22IN3O2S. The van der Waals surface area contributed by atoms with Crippen LogP contribution in [0.5, 0.6) is 0 Å². The molecule has 1 aliphatic carbocycles. The van der Waals surface area contributed by atoms with Crippen molar-refractivity contribution in [3.05, 3.63) is 12.2 Å². The standard InChI is InChI=1S/C11H21N3O2S.HI/c1-9(2)6-13-10(12)14-7-11(4-5-11)8-17(3,15)16;/h1,4-8H2,2-3H3,(H3,12,13,14);1H. The molecule has 1 aliphatic rings. The molecule has 0 saturated heterocycles. The smallest absolute Gasteiger partial charge is 0.188 e. The molecule has 1 rings (SSSR count). The van der Waals surface area contributed by atoms with E-state index in [1.165, 1.54) is 6.26 Å². The normalized spacial score (nSPS) is 17.8.